The maximum atomic E-state index is 11.6. The molecule has 29 heavy (non-hydrogen) atoms. The van der Waals surface area contributed by atoms with E-state index in [1.54, 1.807) is 12.1 Å². The molecule has 4 aromatic rings. The maximum Gasteiger partial charge on any atom is 0.283 e. The number of nitro benzene ring substituents is 1. The van der Waals surface area contributed by atoms with Gasteiger partial charge in [-0.25, -0.2) is 4.98 Å². The van der Waals surface area contributed by atoms with E-state index in [4.69, 9.17) is 4.74 Å². The summed E-state index contributed by atoms with van der Waals surface area (Å²) in [5, 5.41) is 23.3. The molecule has 0 saturated carbocycles. The highest BCUT2D eigenvalue weighted by Crippen LogP contribution is 2.39. The summed E-state index contributed by atoms with van der Waals surface area (Å²) < 4.78 is 7.21. The SMILES string of the molecule is CCOc1ccc2nc(Sc3ccc(/C=N\n4nccn4)cc3[N+](=O)[O-])sc2c1. The van der Waals surface area contributed by atoms with Crippen molar-refractivity contribution in [1.29, 1.82) is 0 Å². The van der Waals surface area contributed by atoms with Crippen LogP contribution < -0.4 is 4.74 Å². The van der Waals surface area contributed by atoms with Crippen molar-refractivity contribution < 1.29 is 9.66 Å². The molecule has 0 aliphatic rings. The van der Waals surface area contributed by atoms with Crippen LogP contribution in [0.2, 0.25) is 0 Å². The van der Waals surface area contributed by atoms with E-state index >= 15 is 0 Å². The quantitative estimate of drug-likeness (QED) is 0.247. The minimum Gasteiger partial charge on any atom is -0.494 e. The van der Waals surface area contributed by atoms with Gasteiger partial charge >= 0.3 is 0 Å². The molecule has 0 aliphatic heterocycles. The van der Waals surface area contributed by atoms with Crippen LogP contribution in [0.15, 0.2) is 63.1 Å². The third kappa shape index (κ3) is 4.41. The average molecular weight is 426 g/mol. The highest BCUT2D eigenvalue weighted by atomic mass is 32.2. The molecule has 146 valence electrons. The van der Waals surface area contributed by atoms with E-state index in [9.17, 15) is 10.1 Å². The van der Waals surface area contributed by atoms with Gasteiger partial charge in [-0.1, -0.05) is 22.7 Å². The van der Waals surface area contributed by atoms with E-state index in [2.05, 4.69) is 20.3 Å². The second kappa shape index (κ2) is 8.37. The van der Waals surface area contributed by atoms with Gasteiger partial charge in [0.25, 0.3) is 5.69 Å². The summed E-state index contributed by atoms with van der Waals surface area (Å²) in [7, 11) is 0. The number of rotatable bonds is 7. The van der Waals surface area contributed by atoms with Gasteiger partial charge in [0.05, 0.1) is 45.3 Å². The van der Waals surface area contributed by atoms with Crippen molar-refractivity contribution in [3.8, 4) is 5.75 Å². The fourth-order valence-corrected chi connectivity index (χ4v) is 4.65. The topological polar surface area (TPSA) is 108 Å². The Labute approximate surface area is 173 Å². The van der Waals surface area contributed by atoms with Gasteiger partial charge in [0, 0.05) is 11.6 Å². The van der Waals surface area contributed by atoms with Gasteiger partial charge in [0.2, 0.25) is 0 Å². The molecule has 2 aromatic carbocycles. The Balaban J connectivity index is 1.60. The summed E-state index contributed by atoms with van der Waals surface area (Å²) >= 11 is 2.73. The van der Waals surface area contributed by atoms with Crippen molar-refractivity contribution in [1.82, 2.24) is 20.1 Å². The van der Waals surface area contributed by atoms with Gasteiger partial charge in [0.15, 0.2) is 4.34 Å². The summed E-state index contributed by atoms with van der Waals surface area (Å²) in [5.41, 5.74) is 1.39. The molecule has 0 bridgehead atoms. The van der Waals surface area contributed by atoms with Crippen LogP contribution in [-0.4, -0.2) is 37.8 Å². The molecular formula is C18H14N6O3S2. The first-order valence-electron chi connectivity index (χ1n) is 8.53. The number of nitro groups is 1. The number of ether oxygens (including phenoxy) is 1. The Morgan fingerprint density at radius 3 is 2.86 bits per heavy atom. The van der Waals surface area contributed by atoms with Crippen molar-refractivity contribution >= 4 is 45.2 Å². The Kier molecular flexibility index (Phi) is 5.49. The predicted octanol–water partition coefficient (Wildman–Crippen LogP) is 4.23. The van der Waals surface area contributed by atoms with Gasteiger partial charge in [-0.3, -0.25) is 10.1 Å². The largest absolute Gasteiger partial charge is 0.494 e. The number of benzene rings is 2. The van der Waals surface area contributed by atoms with E-state index in [1.807, 2.05) is 25.1 Å². The minimum absolute atomic E-state index is 0.0124. The van der Waals surface area contributed by atoms with Crippen LogP contribution in [-0.2, 0) is 0 Å². The molecule has 0 fully saturated rings. The molecule has 0 saturated heterocycles. The van der Waals surface area contributed by atoms with Gasteiger partial charge in [-0.15, -0.1) is 26.6 Å². The lowest BCUT2D eigenvalue weighted by Gasteiger charge is -2.01. The second-order valence-corrected chi connectivity index (χ2v) is 7.99. The van der Waals surface area contributed by atoms with E-state index in [1.165, 1.54) is 47.8 Å². The van der Waals surface area contributed by atoms with Crippen LogP contribution >= 0.6 is 23.1 Å². The summed E-state index contributed by atoms with van der Waals surface area (Å²) in [6, 6.07) is 10.6. The first-order valence-corrected chi connectivity index (χ1v) is 10.2. The third-order valence-corrected chi connectivity index (χ3v) is 5.89. The number of fused-ring (bicyclic) bond motifs is 1. The number of nitrogens with zero attached hydrogens (tertiary/aromatic N) is 6. The Morgan fingerprint density at radius 2 is 2.10 bits per heavy atom. The Morgan fingerprint density at radius 1 is 1.28 bits per heavy atom. The zero-order valence-electron chi connectivity index (χ0n) is 15.1. The summed E-state index contributed by atoms with van der Waals surface area (Å²) in [6.07, 6.45) is 4.46. The molecule has 0 aliphatic carbocycles. The number of aromatic nitrogens is 4. The molecule has 0 amide bonds. The van der Waals surface area contributed by atoms with E-state index in [-0.39, 0.29) is 5.69 Å². The van der Waals surface area contributed by atoms with Crippen LogP contribution in [0.3, 0.4) is 0 Å². The monoisotopic (exact) mass is 426 g/mol. The normalized spacial score (nSPS) is 11.3. The second-order valence-electron chi connectivity index (χ2n) is 5.67. The number of hydrogen-bond donors (Lipinski definition) is 0. The molecule has 0 spiro atoms. The van der Waals surface area contributed by atoms with Gasteiger partial charge < -0.3 is 4.74 Å². The summed E-state index contributed by atoms with van der Waals surface area (Å²) in [6.45, 7) is 2.52. The Hall–Kier alpha value is -3.31. The smallest absolute Gasteiger partial charge is 0.283 e. The molecule has 11 heteroatoms. The highest BCUT2D eigenvalue weighted by molar-refractivity contribution is 8.01. The van der Waals surface area contributed by atoms with Crippen LogP contribution in [0.5, 0.6) is 5.75 Å². The summed E-state index contributed by atoms with van der Waals surface area (Å²) in [4.78, 5) is 17.4. The molecule has 4 rings (SSSR count). The fraction of sp³-hybridized carbons (Fsp3) is 0.111. The van der Waals surface area contributed by atoms with Crippen molar-refractivity contribution in [2.75, 3.05) is 6.61 Å². The average Bonchev–Trinajstić information content (AvgIpc) is 3.36. The molecule has 0 atom stereocenters. The van der Waals surface area contributed by atoms with Crippen molar-refractivity contribution in [3.63, 3.8) is 0 Å². The highest BCUT2D eigenvalue weighted by Gasteiger charge is 2.17. The van der Waals surface area contributed by atoms with E-state index in [0.717, 1.165) is 25.2 Å². The fourth-order valence-electron chi connectivity index (χ4n) is 2.51. The van der Waals surface area contributed by atoms with Crippen molar-refractivity contribution in [3.05, 3.63) is 64.5 Å². The molecule has 0 radical (unpaired) electrons. The standard InChI is InChI=1S/C18H14N6O3S2/c1-2-27-13-4-5-14-17(10-13)29-18(22-14)28-16-6-3-12(9-15(16)23(25)26)11-21-24-19-7-8-20-24/h3-11H,2H2,1H3/b21-11-. The van der Waals surface area contributed by atoms with Gasteiger partial charge in [-0.2, -0.15) is 0 Å². The number of hydrogen-bond acceptors (Lipinski definition) is 9. The molecule has 2 heterocycles. The van der Waals surface area contributed by atoms with Crippen molar-refractivity contribution in [2.45, 2.75) is 16.2 Å². The van der Waals surface area contributed by atoms with E-state index in [0.29, 0.717) is 17.1 Å². The first kappa shape index (κ1) is 19.0. The molecule has 0 unspecified atom stereocenters. The lowest BCUT2D eigenvalue weighted by molar-refractivity contribution is -0.387. The lowest BCUT2D eigenvalue weighted by Crippen LogP contribution is -1.96. The van der Waals surface area contributed by atoms with Gasteiger partial charge in [0.1, 0.15) is 5.75 Å². The number of thiazole rings is 1. The maximum absolute atomic E-state index is 11.6. The lowest BCUT2D eigenvalue weighted by atomic mass is 10.2. The van der Waals surface area contributed by atoms with E-state index < -0.39 is 4.92 Å². The summed E-state index contributed by atoms with van der Waals surface area (Å²) in [5.74, 6) is 0.779. The first-order chi connectivity index (χ1) is 14.1. The molecule has 9 nitrogen and oxygen atoms in total. The molecular weight excluding hydrogens is 412 g/mol. The Bertz CT molecular complexity index is 1190. The zero-order chi connectivity index (χ0) is 20.2. The minimum atomic E-state index is -0.410. The molecule has 2 aromatic heterocycles. The van der Waals surface area contributed by atoms with Crippen LogP contribution in [0.4, 0.5) is 5.69 Å². The van der Waals surface area contributed by atoms with Crippen LogP contribution in [0.25, 0.3) is 10.2 Å². The van der Waals surface area contributed by atoms with Crippen LogP contribution in [0, 0.1) is 10.1 Å². The third-order valence-electron chi connectivity index (χ3n) is 3.74. The predicted molar refractivity (Wildman–Crippen MR) is 111 cm³/mol. The molecule has 0 N–H and O–H groups in total. The van der Waals surface area contributed by atoms with Gasteiger partial charge in [-0.05, 0) is 31.2 Å². The zero-order valence-corrected chi connectivity index (χ0v) is 16.8. The van der Waals surface area contributed by atoms with Crippen LogP contribution in [0.1, 0.15) is 12.5 Å². The van der Waals surface area contributed by atoms with Crippen molar-refractivity contribution in [2.24, 2.45) is 5.10 Å².